The molecule has 2 aromatic rings. The molecule has 0 saturated carbocycles. The molecule has 5 nitrogen and oxygen atoms in total. The van der Waals surface area contributed by atoms with Crippen LogP contribution in [-0.4, -0.2) is 28.3 Å². The van der Waals surface area contributed by atoms with Crippen LogP contribution in [0.15, 0.2) is 24.3 Å². The van der Waals surface area contributed by atoms with Crippen molar-refractivity contribution in [1.29, 1.82) is 0 Å². The number of rotatable bonds is 3. The van der Waals surface area contributed by atoms with E-state index in [1.165, 1.54) is 0 Å². The predicted molar refractivity (Wildman–Crippen MR) is 92.0 cm³/mol. The monoisotopic (exact) mass is 333 g/mol. The minimum absolute atomic E-state index is 0.0894. The van der Waals surface area contributed by atoms with Crippen molar-refractivity contribution in [2.45, 2.75) is 32.4 Å². The number of halogens is 1. The van der Waals surface area contributed by atoms with Gasteiger partial charge in [0.15, 0.2) is 0 Å². The average Bonchev–Trinajstić information content (AvgIpc) is 2.80. The molecule has 23 heavy (non-hydrogen) atoms. The quantitative estimate of drug-likeness (QED) is 0.898. The van der Waals surface area contributed by atoms with Gasteiger partial charge in [-0.3, -0.25) is 0 Å². The van der Waals surface area contributed by atoms with Crippen molar-refractivity contribution in [3.63, 3.8) is 0 Å². The normalized spacial score (nSPS) is 24.3. The molecule has 0 spiro atoms. The number of anilines is 1. The van der Waals surface area contributed by atoms with Gasteiger partial charge in [-0.05, 0) is 49.9 Å². The second-order valence-electron chi connectivity index (χ2n) is 6.23. The van der Waals surface area contributed by atoms with Gasteiger partial charge in [0.2, 0.25) is 0 Å². The summed E-state index contributed by atoms with van der Waals surface area (Å²) >= 11 is 6.01. The molecule has 0 aliphatic carbocycles. The molecule has 2 atom stereocenters. The van der Waals surface area contributed by atoms with Crippen molar-refractivity contribution >= 4 is 34.3 Å². The van der Waals surface area contributed by atoms with Gasteiger partial charge in [0.25, 0.3) is 0 Å². The third-order valence-electron chi connectivity index (χ3n) is 4.90. The van der Waals surface area contributed by atoms with E-state index in [4.69, 9.17) is 17.3 Å². The highest BCUT2D eigenvalue weighted by molar-refractivity contribution is 6.35. The topological polar surface area (TPSA) is 79.5 Å². The number of carboxylic acid groups (broad SMARTS) is 1. The van der Waals surface area contributed by atoms with Crippen LogP contribution in [0.4, 0.5) is 5.82 Å². The first-order valence-electron chi connectivity index (χ1n) is 7.75. The fraction of sp³-hybridized carbons (Fsp3) is 0.412. The van der Waals surface area contributed by atoms with E-state index in [1.54, 1.807) is 18.2 Å². The number of hydrogen-bond donors (Lipinski definition) is 2. The number of benzene rings is 1. The fourth-order valence-electron chi connectivity index (χ4n) is 3.55. The predicted octanol–water partition coefficient (Wildman–Crippen LogP) is 3.50. The Morgan fingerprint density at radius 2 is 2.22 bits per heavy atom. The van der Waals surface area contributed by atoms with E-state index >= 15 is 0 Å². The van der Waals surface area contributed by atoms with E-state index in [9.17, 15) is 9.90 Å². The van der Waals surface area contributed by atoms with Crippen LogP contribution in [0.5, 0.6) is 0 Å². The van der Waals surface area contributed by atoms with E-state index in [2.05, 4.69) is 16.8 Å². The number of carboxylic acids is 1. The third kappa shape index (κ3) is 2.54. The van der Waals surface area contributed by atoms with Gasteiger partial charge in [-0.25, -0.2) is 9.78 Å². The molecule has 1 saturated heterocycles. The Bertz CT molecular complexity index is 776. The Labute approximate surface area is 140 Å². The summed E-state index contributed by atoms with van der Waals surface area (Å²) in [6.45, 7) is 5.03. The second kappa shape index (κ2) is 5.65. The summed E-state index contributed by atoms with van der Waals surface area (Å²) in [4.78, 5) is 18.2. The van der Waals surface area contributed by atoms with Crippen LogP contribution < -0.4 is 10.6 Å². The number of nitrogens with zero attached hydrogens (tertiary/aromatic N) is 2. The molecule has 1 aliphatic rings. The van der Waals surface area contributed by atoms with Gasteiger partial charge in [-0.1, -0.05) is 18.5 Å². The number of nitrogens with two attached hydrogens (primary N) is 1. The zero-order valence-electron chi connectivity index (χ0n) is 13.2. The van der Waals surface area contributed by atoms with Crippen LogP contribution in [0.3, 0.4) is 0 Å². The van der Waals surface area contributed by atoms with Crippen LogP contribution in [0.1, 0.15) is 37.0 Å². The van der Waals surface area contributed by atoms with E-state index in [0.29, 0.717) is 16.8 Å². The first kappa shape index (κ1) is 16.0. The SMILES string of the molecule is CCC1CCN(c2ccc3c(C(=O)O)c(Cl)ccc3n2)C1(C)N. The number of fused-ring (bicyclic) bond motifs is 1. The summed E-state index contributed by atoms with van der Waals surface area (Å²) in [6, 6.07) is 6.91. The average molecular weight is 334 g/mol. The van der Waals surface area contributed by atoms with Crippen molar-refractivity contribution in [3.05, 3.63) is 34.9 Å². The van der Waals surface area contributed by atoms with Crippen molar-refractivity contribution < 1.29 is 9.90 Å². The third-order valence-corrected chi connectivity index (χ3v) is 5.21. The van der Waals surface area contributed by atoms with Crippen LogP contribution >= 0.6 is 11.6 Å². The largest absolute Gasteiger partial charge is 0.478 e. The molecule has 122 valence electrons. The summed E-state index contributed by atoms with van der Waals surface area (Å²) in [7, 11) is 0. The number of hydrogen-bond acceptors (Lipinski definition) is 4. The van der Waals surface area contributed by atoms with Crippen LogP contribution in [0.2, 0.25) is 5.02 Å². The van der Waals surface area contributed by atoms with Crippen LogP contribution in [0, 0.1) is 5.92 Å². The number of aromatic carboxylic acids is 1. The smallest absolute Gasteiger partial charge is 0.337 e. The molecule has 1 aromatic carbocycles. The van der Waals surface area contributed by atoms with Crippen molar-refractivity contribution in [2.24, 2.45) is 11.7 Å². The highest BCUT2D eigenvalue weighted by atomic mass is 35.5. The van der Waals surface area contributed by atoms with E-state index < -0.39 is 11.6 Å². The van der Waals surface area contributed by atoms with Gasteiger partial charge in [0.1, 0.15) is 5.82 Å². The molecule has 0 amide bonds. The Kier molecular flexibility index (Phi) is 3.94. The molecule has 3 rings (SSSR count). The maximum atomic E-state index is 11.4. The van der Waals surface area contributed by atoms with Gasteiger partial charge in [-0.15, -0.1) is 0 Å². The highest BCUT2D eigenvalue weighted by Crippen LogP contribution is 2.37. The number of carbonyl (C=O) groups is 1. The lowest BCUT2D eigenvalue weighted by molar-refractivity contribution is 0.0699. The first-order chi connectivity index (χ1) is 10.9. The number of aromatic nitrogens is 1. The van der Waals surface area contributed by atoms with Crippen LogP contribution in [0.25, 0.3) is 10.9 Å². The molecule has 2 heterocycles. The first-order valence-corrected chi connectivity index (χ1v) is 8.13. The lowest BCUT2D eigenvalue weighted by Crippen LogP contribution is -2.53. The highest BCUT2D eigenvalue weighted by Gasteiger charge is 2.41. The minimum atomic E-state index is -1.05. The minimum Gasteiger partial charge on any atom is -0.478 e. The Balaban J connectivity index is 2.09. The maximum Gasteiger partial charge on any atom is 0.337 e. The zero-order valence-corrected chi connectivity index (χ0v) is 14.0. The molecule has 2 unspecified atom stereocenters. The molecule has 6 heteroatoms. The molecule has 0 bridgehead atoms. The number of pyridine rings is 1. The molecule has 1 aliphatic heterocycles. The van der Waals surface area contributed by atoms with E-state index in [-0.39, 0.29) is 10.6 Å². The van der Waals surface area contributed by atoms with Gasteiger partial charge in [-0.2, -0.15) is 0 Å². The molecule has 3 N–H and O–H groups in total. The lowest BCUT2D eigenvalue weighted by atomic mass is 9.93. The molecular weight excluding hydrogens is 314 g/mol. The summed E-state index contributed by atoms with van der Waals surface area (Å²) < 4.78 is 0. The van der Waals surface area contributed by atoms with Crippen molar-refractivity contribution in [3.8, 4) is 0 Å². The Morgan fingerprint density at radius 3 is 2.83 bits per heavy atom. The van der Waals surface area contributed by atoms with Crippen molar-refractivity contribution in [1.82, 2.24) is 4.98 Å². The van der Waals surface area contributed by atoms with E-state index in [0.717, 1.165) is 25.2 Å². The fourth-order valence-corrected chi connectivity index (χ4v) is 3.80. The zero-order chi connectivity index (χ0) is 16.8. The van der Waals surface area contributed by atoms with Crippen molar-refractivity contribution in [2.75, 3.05) is 11.4 Å². The van der Waals surface area contributed by atoms with E-state index in [1.807, 2.05) is 13.0 Å². The standard InChI is InChI=1S/C17H20ClN3O2/c1-3-10-8-9-21(17(10,2)19)14-7-4-11-13(20-14)6-5-12(18)15(11)16(22)23/h4-7,10H,3,8-9,19H2,1-2H3,(H,22,23). The molecule has 0 radical (unpaired) electrons. The Hall–Kier alpha value is -1.85. The molecular formula is C17H20ClN3O2. The van der Waals surface area contributed by atoms with Gasteiger partial charge >= 0.3 is 5.97 Å². The van der Waals surface area contributed by atoms with Crippen LogP contribution in [-0.2, 0) is 0 Å². The summed E-state index contributed by atoms with van der Waals surface area (Å²) in [5.41, 5.74) is 6.78. The second-order valence-corrected chi connectivity index (χ2v) is 6.64. The van der Waals surface area contributed by atoms with Gasteiger partial charge < -0.3 is 15.7 Å². The Morgan fingerprint density at radius 1 is 1.48 bits per heavy atom. The maximum absolute atomic E-state index is 11.4. The summed E-state index contributed by atoms with van der Waals surface area (Å²) in [5, 5.41) is 10.1. The van der Waals surface area contributed by atoms with Gasteiger partial charge in [0.05, 0.1) is 21.8 Å². The molecule has 1 aromatic heterocycles. The molecule has 1 fully saturated rings. The summed E-state index contributed by atoms with van der Waals surface area (Å²) in [5.74, 6) is 0.142. The summed E-state index contributed by atoms with van der Waals surface area (Å²) in [6.07, 6.45) is 2.06. The lowest BCUT2D eigenvalue weighted by Gasteiger charge is -2.36. The van der Waals surface area contributed by atoms with Gasteiger partial charge in [0, 0.05) is 11.9 Å².